The normalized spacial score (nSPS) is 11.3. The minimum absolute atomic E-state index is 0.427. The van der Waals surface area contributed by atoms with Gasteiger partial charge in [0.2, 0.25) is 5.91 Å². The van der Waals surface area contributed by atoms with Crippen LogP contribution in [0, 0.1) is 0 Å². The zero-order chi connectivity index (χ0) is 20.5. The predicted molar refractivity (Wildman–Crippen MR) is 114 cm³/mol. The van der Waals surface area contributed by atoms with E-state index in [2.05, 4.69) is 32.9 Å². The molecule has 0 saturated carbocycles. The number of nitrogens with zero attached hydrogens (tertiary/aromatic N) is 3. The first-order valence-electron chi connectivity index (χ1n) is 9.61. The Hall–Kier alpha value is -3.61. The number of benzene rings is 2. The molecule has 0 radical (unpaired) electrons. The van der Waals surface area contributed by atoms with Crippen molar-refractivity contribution < 1.29 is 4.79 Å². The number of aromatic nitrogens is 2. The standard InChI is InChI=1S/C22H26N6O/c1-2-24-22(25-14-17-8-10-18(11-9-17)21(23)29)26-15-19-6-3-4-7-20(19)16-28-13-5-12-27-28/h3-13H,2,14-16H2,1H3,(H2,23,29)(H2,24,25,26). The van der Waals surface area contributed by atoms with Crippen molar-refractivity contribution in [2.45, 2.75) is 26.6 Å². The number of primary amides is 1. The van der Waals surface area contributed by atoms with E-state index >= 15 is 0 Å². The van der Waals surface area contributed by atoms with E-state index in [9.17, 15) is 4.79 Å². The van der Waals surface area contributed by atoms with Crippen molar-refractivity contribution in [3.63, 3.8) is 0 Å². The summed E-state index contributed by atoms with van der Waals surface area (Å²) >= 11 is 0. The molecule has 0 aliphatic rings. The highest BCUT2D eigenvalue weighted by atomic mass is 16.1. The van der Waals surface area contributed by atoms with Crippen LogP contribution >= 0.6 is 0 Å². The van der Waals surface area contributed by atoms with Gasteiger partial charge in [-0.25, -0.2) is 4.99 Å². The molecule has 150 valence electrons. The molecular weight excluding hydrogens is 364 g/mol. The lowest BCUT2D eigenvalue weighted by molar-refractivity contribution is 0.100. The van der Waals surface area contributed by atoms with Gasteiger partial charge in [-0.1, -0.05) is 36.4 Å². The molecule has 0 aliphatic carbocycles. The van der Waals surface area contributed by atoms with Gasteiger partial charge < -0.3 is 16.4 Å². The molecule has 0 fully saturated rings. The van der Waals surface area contributed by atoms with E-state index in [4.69, 9.17) is 5.73 Å². The van der Waals surface area contributed by atoms with E-state index in [1.54, 1.807) is 18.3 Å². The van der Waals surface area contributed by atoms with Gasteiger partial charge in [0.1, 0.15) is 0 Å². The van der Waals surface area contributed by atoms with E-state index in [0.29, 0.717) is 18.7 Å². The Kier molecular flexibility index (Phi) is 7.00. The predicted octanol–water partition coefficient (Wildman–Crippen LogP) is 2.29. The highest BCUT2D eigenvalue weighted by Crippen LogP contribution is 2.10. The minimum atomic E-state index is -0.427. The maximum atomic E-state index is 11.2. The summed E-state index contributed by atoms with van der Waals surface area (Å²) in [7, 11) is 0. The van der Waals surface area contributed by atoms with Crippen LogP contribution in [-0.2, 0) is 19.6 Å². The quantitative estimate of drug-likeness (QED) is 0.406. The van der Waals surface area contributed by atoms with Gasteiger partial charge in [0.05, 0.1) is 13.1 Å². The molecule has 4 N–H and O–H groups in total. The van der Waals surface area contributed by atoms with E-state index in [-0.39, 0.29) is 0 Å². The largest absolute Gasteiger partial charge is 0.366 e. The average molecular weight is 390 g/mol. The number of hydrogen-bond donors (Lipinski definition) is 3. The number of nitrogens with one attached hydrogen (secondary N) is 2. The number of carbonyl (C=O) groups excluding carboxylic acids is 1. The third-order valence-corrected chi connectivity index (χ3v) is 4.46. The fourth-order valence-electron chi connectivity index (χ4n) is 2.92. The third kappa shape index (κ3) is 5.93. The minimum Gasteiger partial charge on any atom is -0.366 e. The van der Waals surface area contributed by atoms with Gasteiger partial charge in [-0.15, -0.1) is 0 Å². The number of rotatable bonds is 8. The Bertz CT molecular complexity index is 948. The lowest BCUT2D eigenvalue weighted by atomic mass is 10.1. The molecule has 1 heterocycles. The second kappa shape index (κ2) is 10.1. The topological polar surface area (TPSA) is 97.3 Å². The maximum Gasteiger partial charge on any atom is 0.248 e. The van der Waals surface area contributed by atoms with Crippen molar-refractivity contribution in [1.82, 2.24) is 20.4 Å². The summed E-state index contributed by atoms with van der Waals surface area (Å²) < 4.78 is 1.91. The zero-order valence-electron chi connectivity index (χ0n) is 16.5. The lowest BCUT2D eigenvalue weighted by Gasteiger charge is -2.14. The Morgan fingerprint density at radius 2 is 1.83 bits per heavy atom. The molecule has 0 unspecified atom stereocenters. The van der Waals surface area contributed by atoms with Crippen LogP contribution in [0.15, 0.2) is 72.0 Å². The summed E-state index contributed by atoms with van der Waals surface area (Å²) in [5.41, 5.74) is 9.19. The van der Waals surface area contributed by atoms with Gasteiger partial charge in [-0.05, 0) is 41.8 Å². The molecular formula is C22H26N6O. The van der Waals surface area contributed by atoms with Crippen LogP contribution in [0.3, 0.4) is 0 Å². The molecule has 0 atom stereocenters. The van der Waals surface area contributed by atoms with E-state index < -0.39 is 5.91 Å². The van der Waals surface area contributed by atoms with Crippen molar-refractivity contribution in [2.75, 3.05) is 6.54 Å². The smallest absolute Gasteiger partial charge is 0.248 e. The van der Waals surface area contributed by atoms with E-state index in [1.165, 1.54) is 11.1 Å². The second-order valence-electron chi connectivity index (χ2n) is 6.58. The molecule has 3 aromatic rings. The van der Waals surface area contributed by atoms with Gasteiger partial charge >= 0.3 is 0 Å². The molecule has 1 amide bonds. The molecule has 2 aromatic carbocycles. The first-order chi connectivity index (χ1) is 14.2. The highest BCUT2D eigenvalue weighted by molar-refractivity contribution is 5.92. The Morgan fingerprint density at radius 3 is 2.48 bits per heavy atom. The van der Waals surface area contributed by atoms with Crippen LogP contribution in [-0.4, -0.2) is 28.2 Å². The fraction of sp³-hybridized carbons (Fsp3) is 0.227. The number of guanidine groups is 1. The van der Waals surface area contributed by atoms with Crippen LogP contribution < -0.4 is 16.4 Å². The Morgan fingerprint density at radius 1 is 1.07 bits per heavy atom. The van der Waals surface area contributed by atoms with Gasteiger partial charge in [0.15, 0.2) is 5.96 Å². The Labute approximate surface area is 170 Å². The van der Waals surface area contributed by atoms with Crippen LogP contribution in [0.4, 0.5) is 0 Å². The molecule has 7 heteroatoms. The van der Waals surface area contributed by atoms with E-state index in [1.807, 2.05) is 48.1 Å². The number of nitrogens with two attached hydrogens (primary N) is 1. The molecule has 0 spiro atoms. The molecule has 7 nitrogen and oxygen atoms in total. The number of carbonyl (C=O) groups is 1. The van der Waals surface area contributed by atoms with Crippen LogP contribution in [0.25, 0.3) is 0 Å². The SMILES string of the molecule is CCNC(=NCc1ccc(C(N)=O)cc1)NCc1ccccc1Cn1cccn1. The summed E-state index contributed by atoms with van der Waals surface area (Å²) in [5.74, 6) is 0.309. The lowest BCUT2D eigenvalue weighted by Crippen LogP contribution is -2.37. The van der Waals surface area contributed by atoms with E-state index in [0.717, 1.165) is 24.6 Å². The van der Waals surface area contributed by atoms with Crippen molar-refractivity contribution in [2.24, 2.45) is 10.7 Å². The maximum absolute atomic E-state index is 11.2. The van der Waals surface area contributed by atoms with Crippen molar-refractivity contribution in [3.8, 4) is 0 Å². The Balaban J connectivity index is 1.65. The van der Waals surface area contributed by atoms with Gasteiger partial charge in [0, 0.05) is 31.0 Å². The summed E-state index contributed by atoms with van der Waals surface area (Å²) in [5, 5.41) is 10.9. The number of aliphatic imine (C=N–C) groups is 1. The van der Waals surface area contributed by atoms with Gasteiger partial charge in [-0.3, -0.25) is 9.48 Å². The first kappa shape index (κ1) is 20.1. The zero-order valence-corrected chi connectivity index (χ0v) is 16.5. The molecule has 29 heavy (non-hydrogen) atoms. The molecule has 0 saturated heterocycles. The second-order valence-corrected chi connectivity index (χ2v) is 6.58. The summed E-state index contributed by atoms with van der Waals surface area (Å²) in [6.07, 6.45) is 3.74. The highest BCUT2D eigenvalue weighted by Gasteiger charge is 2.05. The molecule has 0 bridgehead atoms. The summed E-state index contributed by atoms with van der Waals surface area (Å²) in [6.45, 7) is 4.68. The first-order valence-corrected chi connectivity index (χ1v) is 9.61. The third-order valence-electron chi connectivity index (χ3n) is 4.46. The van der Waals surface area contributed by atoms with Crippen molar-refractivity contribution in [1.29, 1.82) is 0 Å². The van der Waals surface area contributed by atoms with Crippen LogP contribution in [0.1, 0.15) is 34.0 Å². The number of amides is 1. The summed E-state index contributed by atoms with van der Waals surface area (Å²) in [6, 6.07) is 17.4. The van der Waals surface area contributed by atoms with Crippen molar-refractivity contribution in [3.05, 3.63) is 89.2 Å². The van der Waals surface area contributed by atoms with Gasteiger partial charge in [0.25, 0.3) is 0 Å². The van der Waals surface area contributed by atoms with Crippen molar-refractivity contribution >= 4 is 11.9 Å². The number of hydrogen-bond acceptors (Lipinski definition) is 3. The monoisotopic (exact) mass is 390 g/mol. The molecule has 1 aromatic heterocycles. The van der Waals surface area contributed by atoms with Crippen LogP contribution in [0.2, 0.25) is 0 Å². The van der Waals surface area contributed by atoms with Crippen LogP contribution in [0.5, 0.6) is 0 Å². The molecule has 0 aliphatic heterocycles. The average Bonchev–Trinajstić information content (AvgIpc) is 3.24. The molecule has 3 rings (SSSR count). The van der Waals surface area contributed by atoms with Gasteiger partial charge in [-0.2, -0.15) is 5.10 Å². The summed E-state index contributed by atoms with van der Waals surface area (Å²) in [4.78, 5) is 15.8. The fourth-order valence-corrected chi connectivity index (χ4v) is 2.92.